The molecule has 2 aromatic heterocycles. The van der Waals surface area contributed by atoms with Gasteiger partial charge >= 0.3 is 0 Å². The van der Waals surface area contributed by atoms with E-state index in [1.165, 1.54) is 6.92 Å². The van der Waals surface area contributed by atoms with Crippen molar-refractivity contribution < 1.29 is 4.79 Å². The molecule has 0 aromatic carbocycles. The molecule has 0 aliphatic heterocycles. The van der Waals surface area contributed by atoms with Gasteiger partial charge in [0.15, 0.2) is 5.78 Å². The van der Waals surface area contributed by atoms with E-state index in [0.717, 1.165) is 11.5 Å². The molecule has 0 unspecified atom stereocenters. The van der Waals surface area contributed by atoms with Gasteiger partial charge in [0.25, 0.3) is 0 Å². The van der Waals surface area contributed by atoms with Crippen LogP contribution in [0.25, 0.3) is 5.82 Å². The van der Waals surface area contributed by atoms with Crippen LogP contribution in [0.15, 0.2) is 30.9 Å². The van der Waals surface area contributed by atoms with Gasteiger partial charge in [-0.1, -0.05) is 0 Å². The summed E-state index contributed by atoms with van der Waals surface area (Å²) in [5, 5.41) is 0. The summed E-state index contributed by atoms with van der Waals surface area (Å²) in [7, 11) is 0. The number of imidazole rings is 1. The van der Waals surface area contributed by atoms with E-state index in [1.54, 1.807) is 24.7 Å². The Bertz CT molecular complexity index is 485. The Hall–Kier alpha value is -1.97. The fourth-order valence-corrected chi connectivity index (χ4v) is 1.29. The number of rotatable bonds is 2. The molecule has 2 aromatic rings. The number of nitrogens with zero attached hydrogens (tertiary/aromatic N) is 3. The summed E-state index contributed by atoms with van der Waals surface area (Å²) in [4.78, 5) is 19.3. The first-order valence-electron chi connectivity index (χ1n) is 4.65. The van der Waals surface area contributed by atoms with Crippen molar-refractivity contribution in [2.45, 2.75) is 13.8 Å². The van der Waals surface area contributed by atoms with Crippen LogP contribution >= 0.6 is 0 Å². The van der Waals surface area contributed by atoms with Gasteiger partial charge in [-0.05, 0) is 26.0 Å². The summed E-state index contributed by atoms with van der Waals surface area (Å²) in [5.41, 5.74) is 1.56. The van der Waals surface area contributed by atoms with Crippen molar-refractivity contribution in [2.24, 2.45) is 0 Å². The monoisotopic (exact) mass is 201 g/mol. The molecule has 0 bridgehead atoms. The third kappa shape index (κ3) is 1.93. The highest BCUT2D eigenvalue weighted by atomic mass is 16.1. The second-order valence-corrected chi connectivity index (χ2v) is 3.38. The molecule has 0 atom stereocenters. The zero-order chi connectivity index (χ0) is 10.8. The largest absolute Gasteiger partial charge is 0.294 e. The van der Waals surface area contributed by atoms with Crippen molar-refractivity contribution in [3.05, 3.63) is 42.1 Å². The summed E-state index contributed by atoms with van der Waals surface area (Å²) in [6.07, 6.45) is 5.16. The summed E-state index contributed by atoms with van der Waals surface area (Å²) in [6.45, 7) is 3.44. The molecule has 2 rings (SSSR count). The number of hydrogen-bond donors (Lipinski definition) is 0. The van der Waals surface area contributed by atoms with Crippen molar-refractivity contribution in [3.63, 3.8) is 0 Å². The lowest BCUT2D eigenvalue weighted by molar-refractivity contribution is 0.101. The van der Waals surface area contributed by atoms with Crippen molar-refractivity contribution in [3.8, 4) is 5.82 Å². The number of pyridine rings is 1. The topological polar surface area (TPSA) is 47.8 Å². The molecule has 0 spiro atoms. The van der Waals surface area contributed by atoms with Gasteiger partial charge < -0.3 is 0 Å². The van der Waals surface area contributed by atoms with E-state index in [2.05, 4.69) is 9.97 Å². The molecule has 2 heterocycles. The van der Waals surface area contributed by atoms with E-state index in [4.69, 9.17) is 0 Å². The van der Waals surface area contributed by atoms with Crippen molar-refractivity contribution >= 4 is 5.78 Å². The predicted molar refractivity (Wildman–Crippen MR) is 56.1 cm³/mol. The van der Waals surface area contributed by atoms with Gasteiger partial charge in [0.2, 0.25) is 0 Å². The maximum atomic E-state index is 11.0. The van der Waals surface area contributed by atoms with E-state index in [0.29, 0.717) is 5.56 Å². The van der Waals surface area contributed by atoms with Crippen molar-refractivity contribution in [1.82, 2.24) is 14.5 Å². The fraction of sp³-hybridized carbons (Fsp3) is 0.182. The van der Waals surface area contributed by atoms with E-state index in [-0.39, 0.29) is 5.78 Å². The number of Topliss-reactive ketones (excluding diaryl/α,β-unsaturated/α-hetero) is 1. The van der Waals surface area contributed by atoms with Crippen LogP contribution in [0.3, 0.4) is 0 Å². The second kappa shape index (κ2) is 3.65. The Kier molecular flexibility index (Phi) is 2.33. The highest BCUT2D eigenvalue weighted by molar-refractivity contribution is 5.93. The minimum absolute atomic E-state index is 0.0239. The molecule has 15 heavy (non-hydrogen) atoms. The van der Waals surface area contributed by atoms with Crippen molar-refractivity contribution in [2.75, 3.05) is 0 Å². The van der Waals surface area contributed by atoms with Gasteiger partial charge in [-0.25, -0.2) is 9.97 Å². The first kappa shape index (κ1) is 9.58. The first-order valence-corrected chi connectivity index (χ1v) is 4.65. The van der Waals surface area contributed by atoms with Crippen LogP contribution in [0.4, 0.5) is 0 Å². The average molecular weight is 201 g/mol. The summed E-state index contributed by atoms with van der Waals surface area (Å²) < 4.78 is 1.82. The number of carbonyl (C=O) groups excluding carboxylic acids is 1. The minimum atomic E-state index is 0.0239. The lowest BCUT2D eigenvalue weighted by atomic mass is 10.2. The van der Waals surface area contributed by atoms with Gasteiger partial charge in [0.05, 0.1) is 5.69 Å². The zero-order valence-electron chi connectivity index (χ0n) is 8.64. The van der Waals surface area contributed by atoms with Crippen LogP contribution in [0.1, 0.15) is 23.0 Å². The summed E-state index contributed by atoms with van der Waals surface area (Å²) in [6, 6.07) is 3.57. The van der Waals surface area contributed by atoms with Crippen LogP contribution in [0.5, 0.6) is 0 Å². The SMILES string of the molecule is CC(=O)c1ccc(-n2cnc(C)c2)nc1. The molecule has 0 saturated heterocycles. The molecule has 0 fully saturated rings. The zero-order valence-corrected chi connectivity index (χ0v) is 8.64. The predicted octanol–water partition coefficient (Wildman–Crippen LogP) is 1.78. The van der Waals surface area contributed by atoms with E-state index in [9.17, 15) is 4.79 Å². The molecule has 0 radical (unpaired) electrons. The molecular formula is C11H11N3O. The molecule has 4 nitrogen and oxygen atoms in total. The van der Waals surface area contributed by atoms with Crippen molar-refractivity contribution in [1.29, 1.82) is 0 Å². The Morgan fingerprint density at radius 1 is 1.33 bits per heavy atom. The second-order valence-electron chi connectivity index (χ2n) is 3.38. The molecule has 0 amide bonds. The first-order chi connectivity index (χ1) is 7.16. The van der Waals surface area contributed by atoms with Gasteiger partial charge in [-0.3, -0.25) is 9.36 Å². The number of hydrogen-bond acceptors (Lipinski definition) is 3. The third-order valence-corrected chi connectivity index (χ3v) is 2.13. The summed E-state index contributed by atoms with van der Waals surface area (Å²) >= 11 is 0. The molecular weight excluding hydrogens is 190 g/mol. The van der Waals surface area contributed by atoms with E-state index < -0.39 is 0 Å². The fourth-order valence-electron chi connectivity index (χ4n) is 1.29. The quantitative estimate of drug-likeness (QED) is 0.696. The van der Waals surface area contributed by atoms with Gasteiger partial charge in [0.1, 0.15) is 12.1 Å². The van der Waals surface area contributed by atoms with E-state index >= 15 is 0 Å². The van der Waals surface area contributed by atoms with Gasteiger partial charge in [-0.2, -0.15) is 0 Å². The summed E-state index contributed by atoms with van der Waals surface area (Å²) in [5.74, 6) is 0.788. The maximum absolute atomic E-state index is 11.0. The maximum Gasteiger partial charge on any atom is 0.161 e. The van der Waals surface area contributed by atoms with Crippen LogP contribution in [-0.2, 0) is 0 Å². The number of aryl methyl sites for hydroxylation is 1. The number of ketones is 1. The average Bonchev–Trinajstić information content (AvgIpc) is 2.65. The van der Waals surface area contributed by atoms with Crippen LogP contribution < -0.4 is 0 Å². The smallest absolute Gasteiger partial charge is 0.161 e. The lowest BCUT2D eigenvalue weighted by Crippen LogP contribution is -1.97. The third-order valence-electron chi connectivity index (χ3n) is 2.13. The highest BCUT2D eigenvalue weighted by Crippen LogP contribution is 2.07. The van der Waals surface area contributed by atoms with E-state index in [1.807, 2.05) is 17.7 Å². The lowest BCUT2D eigenvalue weighted by Gasteiger charge is -2.00. The Labute approximate surface area is 87.6 Å². The molecule has 0 aliphatic carbocycles. The Morgan fingerprint density at radius 3 is 2.60 bits per heavy atom. The van der Waals surface area contributed by atoms with Gasteiger partial charge in [-0.15, -0.1) is 0 Å². The standard InChI is InChI=1S/C11H11N3O/c1-8-6-14(7-13-8)11-4-3-10(5-12-11)9(2)15/h3-7H,1-2H3. The highest BCUT2D eigenvalue weighted by Gasteiger charge is 2.01. The number of aromatic nitrogens is 3. The molecule has 76 valence electrons. The molecule has 0 saturated carbocycles. The number of carbonyl (C=O) groups is 1. The Morgan fingerprint density at radius 2 is 2.13 bits per heavy atom. The van der Waals surface area contributed by atoms with Crippen LogP contribution in [0, 0.1) is 6.92 Å². The Balaban J connectivity index is 2.35. The van der Waals surface area contributed by atoms with Crippen LogP contribution in [0.2, 0.25) is 0 Å². The minimum Gasteiger partial charge on any atom is -0.294 e. The molecule has 4 heteroatoms. The molecule has 0 aliphatic rings. The molecule has 0 N–H and O–H groups in total. The normalized spacial score (nSPS) is 10.3. The van der Waals surface area contributed by atoms with Gasteiger partial charge in [0, 0.05) is 18.0 Å². The van der Waals surface area contributed by atoms with Crippen LogP contribution in [-0.4, -0.2) is 20.3 Å².